The molecule has 0 unspecified atom stereocenters. The molecule has 8 heteroatoms. The Labute approximate surface area is 704 Å². The smallest absolute Gasteiger partial charge is 0.305 e. The van der Waals surface area contributed by atoms with Gasteiger partial charge in [0.15, 0.2) is 0 Å². The van der Waals surface area contributed by atoms with Gasteiger partial charge in [0.25, 0.3) is 0 Å². The fourth-order valence-corrected chi connectivity index (χ4v) is 14.8. The molecule has 0 N–H and O–H groups in total. The van der Waals surface area contributed by atoms with Gasteiger partial charge in [-0.3, -0.25) is 9.97 Å². The second-order valence-electron chi connectivity index (χ2n) is 27.6. The normalized spacial score (nSPS) is 10.8. The minimum absolute atomic E-state index is 0. The van der Waals surface area contributed by atoms with Crippen LogP contribution in [0.25, 0.3) is 190 Å². The summed E-state index contributed by atoms with van der Waals surface area (Å²) in [7, 11) is 0. The van der Waals surface area contributed by atoms with Crippen molar-refractivity contribution in [1.29, 1.82) is 0 Å². The van der Waals surface area contributed by atoms with Gasteiger partial charge in [-0.05, 0) is 138 Å². The summed E-state index contributed by atoms with van der Waals surface area (Å²) in [5, 5.41) is 0. The van der Waals surface area contributed by atoms with E-state index in [1.54, 1.807) is 12.5 Å². The maximum Gasteiger partial charge on any atom is 3.00 e. The summed E-state index contributed by atoms with van der Waals surface area (Å²) in [6.45, 7) is 0. The zero-order chi connectivity index (χ0) is 76.2. The van der Waals surface area contributed by atoms with Crippen LogP contribution >= 0.6 is 0 Å². The SMILES string of the molecule is [Ir+3].[Ir+3].[c-]1cc(-c2ccccc2)ccc1-c1ccccn1.[c-]1cc(-c2ccccc2-c2cccc(-c3ccccc3-c3c[c-]c(-c4cc(-c5[c-]cc(-c6ccccc6-c6cc(-c7ccccc7-c7c[c-]c(-c8ccccn8)cc7)cc(-c7ccccc7-c7c[c-]c(-c8ccccn8)cc7)c6)cc5)ncn4)cc3)c2)ccc1-c1ccccn1. The van der Waals surface area contributed by atoms with E-state index in [2.05, 4.69) is 335 Å². The van der Waals surface area contributed by atoms with Gasteiger partial charge in [0.05, 0.1) is 6.33 Å². The van der Waals surface area contributed by atoms with Gasteiger partial charge < -0.3 is 19.9 Å². The molecule has 0 aliphatic carbocycles. The van der Waals surface area contributed by atoms with Crippen molar-refractivity contribution < 1.29 is 40.2 Å². The fraction of sp³-hybridized carbons (Fsp3) is 0. The summed E-state index contributed by atoms with van der Waals surface area (Å²) < 4.78 is 0. The molecule has 116 heavy (non-hydrogen) atoms. The van der Waals surface area contributed by atoms with Crippen molar-refractivity contribution in [3.8, 4) is 190 Å². The molecule has 6 nitrogen and oxygen atoms in total. The quantitative estimate of drug-likeness (QED) is 0.0846. The monoisotopic (exact) mass is 1830 g/mol. The van der Waals surface area contributed by atoms with Gasteiger partial charge in [0.2, 0.25) is 0 Å². The third kappa shape index (κ3) is 16.9. The Kier molecular flexibility index (Phi) is 23.5. The Bertz CT molecular complexity index is 6310. The van der Waals surface area contributed by atoms with E-state index in [0.29, 0.717) is 0 Å². The molecule has 0 spiro atoms. The Morgan fingerprint density at radius 2 is 0.371 bits per heavy atom. The van der Waals surface area contributed by atoms with Gasteiger partial charge in [0.1, 0.15) is 0 Å². The second-order valence-corrected chi connectivity index (χ2v) is 27.6. The van der Waals surface area contributed by atoms with Crippen LogP contribution in [-0.4, -0.2) is 29.9 Å². The van der Waals surface area contributed by atoms with Gasteiger partial charge >= 0.3 is 40.2 Å². The van der Waals surface area contributed by atoms with Gasteiger partial charge in [-0.2, -0.15) is 0 Å². The van der Waals surface area contributed by atoms with Gasteiger partial charge in [0, 0.05) is 24.8 Å². The minimum Gasteiger partial charge on any atom is -0.305 e. The number of hydrogen-bond donors (Lipinski definition) is 0. The predicted octanol–water partition coefficient (Wildman–Crippen LogP) is 26.9. The maximum atomic E-state index is 4.78. The number of hydrogen-bond acceptors (Lipinski definition) is 6. The number of nitrogens with zero attached hydrogens (tertiary/aromatic N) is 6. The number of aromatic nitrogens is 6. The predicted molar refractivity (Wildman–Crippen MR) is 465 cm³/mol. The summed E-state index contributed by atoms with van der Waals surface area (Å²) in [5.41, 5.74) is 35.2. The molecular formula is C108H68Ir2N6. The first-order chi connectivity index (χ1) is 56.5. The molecule has 14 aromatic carbocycles. The molecule has 0 aliphatic rings. The van der Waals surface area contributed by atoms with Crippen molar-refractivity contribution in [2.24, 2.45) is 0 Å². The van der Waals surface area contributed by atoms with Crippen LogP contribution in [0.3, 0.4) is 0 Å². The first kappa shape index (κ1) is 76.1. The van der Waals surface area contributed by atoms with Crippen LogP contribution in [0.4, 0.5) is 0 Å². The van der Waals surface area contributed by atoms with Crippen molar-refractivity contribution in [2.75, 3.05) is 0 Å². The molecule has 0 bridgehead atoms. The van der Waals surface area contributed by atoms with Crippen LogP contribution in [-0.2, 0) is 40.2 Å². The van der Waals surface area contributed by atoms with Crippen LogP contribution in [0, 0.1) is 36.4 Å². The maximum absolute atomic E-state index is 4.78. The summed E-state index contributed by atoms with van der Waals surface area (Å²) in [4.78, 5) is 27.6. The first-order valence-electron chi connectivity index (χ1n) is 37.9. The molecule has 0 saturated carbocycles. The molecular weight excluding hydrogens is 1770 g/mol. The average molecular weight is 1830 g/mol. The van der Waals surface area contributed by atoms with Crippen LogP contribution in [0.5, 0.6) is 0 Å². The molecule has 0 saturated heterocycles. The largest absolute Gasteiger partial charge is 3.00 e. The Hall–Kier alpha value is -13.9. The Morgan fingerprint density at radius 3 is 0.629 bits per heavy atom. The summed E-state index contributed by atoms with van der Waals surface area (Å²) in [5.74, 6) is 0. The van der Waals surface area contributed by atoms with Crippen molar-refractivity contribution in [1.82, 2.24) is 29.9 Å². The zero-order valence-electron chi connectivity index (χ0n) is 62.6. The molecule has 5 heterocycles. The standard InChI is InChI=1S/C91H56N5.C17H12N.2Ir/c1-6-25-82(77(20-1)62-33-43-67(44-34-62)87-30-11-14-53-92-87)72-18-17-19-73(56-72)83-26-7-2-21-78(83)63-39-49-70(50-40-63)90-60-91(96-61-95-90)71-51-41-66(42-52-71)81-24-5-10-29-86(81)76-58-74(84-27-8-3-22-79(84)64-35-45-68(46-36-64)88-31-12-15-54-93-88)57-75(59-76)85-28-9-4-23-80(85)65-37-47-69(48-38-65)89-32-13-16-55-94-89;1-2-6-14(7-3-1)15-9-11-16(12-10-15)17-8-4-5-13-18-17;;/h1-43,45,47,49,51,53-61H;1-11,13H;;/q-5;-1;2*+3. The van der Waals surface area contributed by atoms with Crippen molar-refractivity contribution >= 4 is 0 Å². The topological polar surface area (TPSA) is 77.3 Å². The summed E-state index contributed by atoms with van der Waals surface area (Å²) in [6, 6.07) is 154. The Morgan fingerprint density at radius 1 is 0.147 bits per heavy atom. The van der Waals surface area contributed by atoms with Crippen LogP contribution in [0.1, 0.15) is 0 Å². The molecule has 548 valence electrons. The molecule has 0 atom stereocenters. The first-order valence-corrected chi connectivity index (χ1v) is 37.9. The third-order valence-corrected chi connectivity index (χ3v) is 20.5. The number of benzene rings is 14. The molecule has 0 radical (unpaired) electrons. The number of rotatable bonds is 17. The van der Waals surface area contributed by atoms with Crippen molar-refractivity contribution in [2.45, 2.75) is 0 Å². The summed E-state index contributed by atoms with van der Waals surface area (Å²) >= 11 is 0. The van der Waals surface area contributed by atoms with E-state index in [9.17, 15) is 0 Å². The average Bonchev–Trinajstić information content (AvgIpc) is 0.767. The molecule has 0 fully saturated rings. The molecule has 5 aromatic heterocycles. The van der Waals surface area contributed by atoms with Gasteiger partial charge in [-0.15, -0.1) is 179 Å². The van der Waals surface area contributed by atoms with Gasteiger partial charge in [-0.25, -0.2) is 0 Å². The van der Waals surface area contributed by atoms with Crippen molar-refractivity contribution in [3.05, 3.63) is 450 Å². The van der Waals surface area contributed by atoms with Gasteiger partial charge in [-0.1, -0.05) is 291 Å². The fourth-order valence-electron chi connectivity index (χ4n) is 14.8. The van der Waals surface area contributed by atoms with Crippen LogP contribution in [0.2, 0.25) is 0 Å². The molecule has 0 amide bonds. The van der Waals surface area contributed by atoms with E-state index in [-0.39, 0.29) is 40.2 Å². The summed E-state index contributed by atoms with van der Waals surface area (Å²) in [6.07, 6.45) is 8.88. The van der Waals surface area contributed by atoms with Crippen LogP contribution in [0.15, 0.2) is 413 Å². The van der Waals surface area contributed by atoms with E-state index in [1.165, 1.54) is 11.1 Å². The third-order valence-electron chi connectivity index (χ3n) is 20.5. The Balaban J connectivity index is 0.000000443. The number of pyridine rings is 4. The minimum atomic E-state index is 0. The molecule has 0 aliphatic heterocycles. The second kappa shape index (κ2) is 35.8. The van der Waals surface area contributed by atoms with E-state index in [1.807, 2.05) is 122 Å². The van der Waals surface area contributed by atoms with Crippen LogP contribution < -0.4 is 0 Å². The molecule has 19 aromatic rings. The van der Waals surface area contributed by atoms with E-state index in [0.717, 1.165) is 179 Å². The zero-order valence-corrected chi connectivity index (χ0v) is 67.4. The van der Waals surface area contributed by atoms with E-state index >= 15 is 0 Å². The van der Waals surface area contributed by atoms with Crippen molar-refractivity contribution in [3.63, 3.8) is 0 Å². The molecule has 19 rings (SSSR count). The van der Waals surface area contributed by atoms with E-state index in [4.69, 9.17) is 9.97 Å². The van der Waals surface area contributed by atoms with E-state index < -0.39 is 0 Å².